The van der Waals surface area contributed by atoms with Gasteiger partial charge < -0.3 is 14.4 Å². The van der Waals surface area contributed by atoms with Crippen LogP contribution in [0, 0.1) is 0 Å². The molecule has 5 aromatic rings. The summed E-state index contributed by atoms with van der Waals surface area (Å²) >= 11 is 0. The normalized spacial score (nSPS) is 10.6. The molecule has 0 aromatic heterocycles. The minimum absolute atomic E-state index is 0.836. The van der Waals surface area contributed by atoms with Gasteiger partial charge in [0.1, 0.15) is 11.5 Å². The number of hydrogen-bond acceptors (Lipinski definition) is 3. The lowest BCUT2D eigenvalue weighted by molar-refractivity contribution is 0.415. The molecule has 5 aromatic carbocycles. The van der Waals surface area contributed by atoms with E-state index in [0.717, 1.165) is 39.7 Å². The number of rotatable bonds is 7. The van der Waals surface area contributed by atoms with Crippen molar-refractivity contribution in [2.45, 2.75) is 0 Å². The van der Waals surface area contributed by atoms with E-state index < -0.39 is 0 Å². The van der Waals surface area contributed by atoms with Crippen LogP contribution in [0.25, 0.3) is 22.3 Å². The molecule has 0 fully saturated rings. The van der Waals surface area contributed by atoms with E-state index in [2.05, 4.69) is 102 Å². The summed E-state index contributed by atoms with van der Waals surface area (Å²) < 4.78 is 10.7. The van der Waals surface area contributed by atoms with Crippen molar-refractivity contribution in [3.8, 4) is 33.8 Å². The SMILES string of the molecule is COc1ccc(-c2ccc(N(c3ccc(OC)cc3)c3ccc(-c4ccccc4)cc3)cc2)cc1. The largest absolute Gasteiger partial charge is 0.497 e. The zero-order valence-corrected chi connectivity index (χ0v) is 19.9. The van der Waals surface area contributed by atoms with Gasteiger partial charge in [-0.1, -0.05) is 66.7 Å². The molecular formula is C32H27NO2. The molecule has 5 rings (SSSR count). The minimum atomic E-state index is 0.836. The van der Waals surface area contributed by atoms with E-state index in [1.807, 2.05) is 30.3 Å². The van der Waals surface area contributed by atoms with Crippen LogP contribution in [-0.2, 0) is 0 Å². The Morgan fingerprint density at radius 3 is 1.09 bits per heavy atom. The summed E-state index contributed by atoms with van der Waals surface area (Å²) in [4.78, 5) is 2.26. The summed E-state index contributed by atoms with van der Waals surface area (Å²) in [5.41, 5.74) is 7.95. The van der Waals surface area contributed by atoms with Gasteiger partial charge in [0, 0.05) is 17.1 Å². The molecule has 0 bridgehead atoms. The van der Waals surface area contributed by atoms with Crippen molar-refractivity contribution in [3.05, 3.63) is 127 Å². The summed E-state index contributed by atoms with van der Waals surface area (Å²) in [7, 11) is 3.37. The lowest BCUT2D eigenvalue weighted by Crippen LogP contribution is -2.09. The first-order chi connectivity index (χ1) is 17.2. The van der Waals surface area contributed by atoms with Crippen LogP contribution in [0.5, 0.6) is 11.5 Å². The van der Waals surface area contributed by atoms with E-state index in [4.69, 9.17) is 9.47 Å². The average Bonchev–Trinajstić information content (AvgIpc) is 2.95. The number of hydrogen-bond donors (Lipinski definition) is 0. The highest BCUT2D eigenvalue weighted by Gasteiger charge is 2.13. The molecule has 0 spiro atoms. The summed E-state index contributed by atoms with van der Waals surface area (Å²) in [6.07, 6.45) is 0. The maximum absolute atomic E-state index is 5.38. The third kappa shape index (κ3) is 4.90. The molecule has 0 amide bonds. The molecule has 3 heteroatoms. The topological polar surface area (TPSA) is 21.7 Å². The van der Waals surface area contributed by atoms with Gasteiger partial charge >= 0.3 is 0 Å². The molecule has 0 unspecified atom stereocenters. The van der Waals surface area contributed by atoms with E-state index in [0.29, 0.717) is 0 Å². The second kappa shape index (κ2) is 10.2. The molecule has 0 aliphatic heterocycles. The fourth-order valence-corrected chi connectivity index (χ4v) is 4.20. The summed E-state index contributed by atoms with van der Waals surface area (Å²) in [5, 5.41) is 0. The van der Waals surface area contributed by atoms with Gasteiger partial charge in [-0.25, -0.2) is 0 Å². The first-order valence-electron chi connectivity index (χ1n) is 11.6. The monoisotopic (exact) mass is 457 g/mol. The fraction of sp³-hybridized carbons (Fsp3) is 0.0625. The van der Waals surface area contributed by atoms with Crippen LogP contribution in [0.2, 0.25) is 0 Å². The second-order valence-electron chi connectivity index (χ2n) is 8.22. The smallest absolute Gasteiger partial charge is 0.119 e. The Labute approximate surface area is 206 Å². The highest BCUT2D eigenvalue weighted by atomic mass is 16.5. The molecule has 3 nitrogen and oxygen atoms in total. The van der Waals surface area contributed by atoms with Crippen LogP contribution >= 0.6 is 0 Å². The Morgan fingerprint density at radius 1 is 0.371 bits per heavy atom. The number of ether oxygens (including phenoxy) is 2. The van der Waals surface area contributed by atoms with E-state index in [1.54, 1.807) is 14.2 Å². The zero-order valence-electron chi connectivity index (χ0n) is 19.9. The van der Waals surface area contributed by atoms with Crippen LogP contribution in [0.4, 0.5) is 17.1 Å². The Balaban J connectivity index is 1.51. The van der Waals surface area contributed by atoms with E-state index >= 15 is 0 Å². The van der Waals surface area contributed by atoms with Crippen LogP contribution in [0.15, 0.2) is 127 Å². The van der Waals surface area contributed by atoms with Crippen molar-refractivity contribution in [1.82, 2.24) is 0 Å². The zero-order chi connectivity index (χ0) is 24.0. The highest BCUT2D eigenvalue weighted by molar-refractivity contribution is 5.80. The molecule has 0 aliphatic rings. The minimum Gasteiger partial charge on any atom is -0.497 e. The molecule has 0 aliphatic carbocycles. The number of nitrogens with zero attached hydrogens (tertiary/aromatic N) is 1. The van der Waals surface area contributed by atoms with E-state index in [1.165, 1.54) is 11.1 Å². The Morgan fingerprint density at radius 2 is 0.686 bits per heavy atom. The number of anilines is 3. The predicted molar refractivity (Wildman–Crippen MR) is 145 cm³/mol. The van der Waals surface area contributed by atoms with Gasteiger partial charge in [-0.2, -0.15) is 0 Å². The standard InChI is InChI=1S/C32H27NO2/c1-34-31-20-12-27(13-21-31)26-10-16-29(17-11-26)33(30-18-22-32(35-2)23-19-30)28-14-8-25(9-15-28)24-6-4-3-5-7-24/h3-23H,1-2H3. The predicted octanol–water partition coefficient (Wildman–Crippen LogP) is 8.51. The van der Waals surface area contributed by atoms with Gasteiger partial charge in [-0.15, -0.1) is 0 Å². The summed E-state index contributed by atoms with van der Waals surface area (Å²) in [5.74, 6) is 1.69. The Kier molecular flexibility index (Phi) is 6.49. The Bertz CT molecular complexity index is 1360. The molecular weight excluding hydrogens is 430 g/mol. The fourth-order valence-electron chi connectivity index (χ4n) is 4.20. The molecule has 35 heavy (non-hydrogen) atoms. The van der Waals surface area contributed by atoms with E-state index in [9.17, 15) is 0 Å². The lowest BCUT2D eigenvalue weighted by Gasteiger charge is -2.26. The molecule has 0 saturated carbocycles. The third-order valence-corrected chi connectivity index (χ3v) is 6.11. The lowest BCUT2D eigenvalue weighted by atomic mass is 10.0. The van der Waals surface area contributed by atoms with Gasteiger partial charge in [0.15, 0.2) is 0 Å². The third-order valence-electron chi connectivity index (χ3n) is 6.11. The van der Waals surface area contributed by atoms with Crippen LogP contribution in [-0.4, -0.2) is 14.2 Å². The molecule has 0 heterocycles. The highest BCUT2D eigenvalue weighted by Crippen LogP contribution is 2.37. The first-order valence-corrected chi connectivity index (χ1v) is 11.6. The van der Waals surface area contributed by atoms with Crippen molar-refractivity contribution in [2.75, 3.05) is 19.1 Å². The van der Waals surface area contributed by atoms with Crippen molar-refractivity contribution >= 4 is 17.1 Å². The first kappa shape index (κ1) is 22.3. The van der Waals surface area contributed by atoms with Gasteiger partial charge in [0.05, 0.1) is 14.2 Å². The molecule has 172 valence electrons. The van der Waals surface area contributed by atoms with Crippen molar-refractivity contribution in [2.24, 2.45) is 0 Å². The van der Waals surface area contributed by atoms with Gasteiger partial charge in [0.25, 0.3) is 0 Å². The van der Waals surface area contributed by atoms with E-state index in [-0.39, 0.29) is 0 Å². The van der Waals surface area contributed by atoms with Crippen LogP contribution < -0.4 is 14.4 Å². The van der Waals surface area contributed by atoms with Gasteiger partial charge in [0.2, 0.25) is 0 Å². The molecule has 0 saturated heterocycles. The molecule has 0 radical (unpaired) electrons. The second-order valence-corrected chi connectivity index (χ2v) is 8.22. The number of benzene rings is 5. The number of methoxy groups -OCH3 is 2. The summed E-state index contributed by atoms with van der Waals surface area (Å²) in [6.45, 7) is 0. The van der Waals surface area contributed by atoms with Crippen LogP contribution in [0.1, 0.15) is 0 Å². The maximum Gasteiger partial charge on any atom is 0.119 e. The Hall–Kier alpha value is -4.50. The van der Waals surface area contributed by atoms with Crippen molar-refractivity contribution < 1.29 is 9.47 Å². The average molecular weight is 458 g/mol. The summed E-state index contributed by atoms with van der Waals surface area (Å²) in [6, 6.07) is 44.1. The van der Waals surface area contributed by atoms with Gasteiger partial charge in [-0.3, -0.25) is 0 Å². The molecule has 0 atom stereocenters. The van der Waals surface area contributed by atoms with Gasteiger partial charge in [-0.05, 0) is 82.9 Å². The maximum atomic E-state index is 5.38. The van der Waals surface area contributed by atoms with Crippen LogP contribution in [0.3, 0.4) is 0 Å². The van der Waals surface area contributed by atoms with Crippen molar-refractivity contribution in [1.29, 1.82) is 0 Å². The van der Waals surface area contributed by atoms with Crippen molar-refractivity contribution in [3.63, 3.8) is 0 Å². The quantitative estimate of drug-likeness (QED) is 0.244. The molecule has 0 N–H and O–H groups in total.